The maximum absolute atomic E-state index is 5.79. The summed E-state index contributed by atoms with van der Waals surface area (Å²) in [6, 6.07) is 0.693. The number of hydrogen-bond donors (Lipinski definition) is 1. The Morgan fingerprint density at radius 2 is 2.25 bits per heavy atom. The smallest absolute Gasteiger partial charge is 0.0730 e. The number of ether oxygens (including phenoxy) is 1. The number of thiocarbonyl (C=S) groups is 1. The van der Waals surface area contributed by atoms with E-state index in [0.29, 0.717) is 17.1 Å². The van der Waals surface area contributed by atoms with E-state index in [1.54, 1.807) is 0 Å². The summed E-state index contributed by atoms with van der Waals surface area (Å²) >= 11 is 4.88. The van der Waals surface area contributed by atoms with Gasteiger partial charge in [-0.15, -0.1) is 0 Å². The van der Waals surface area contributed by atoms with Crippen molar-refractivity contribution in [2.75, 3.05) is 19.7 Å². The minimum Gasteiger partial charge on any atom is -0.393 e. The molecule has 0 aromatic heterocycles. The number of rotatable bonds is 5. The van der Waals surface area contributed by atoms with Crippen molar-refractivity contribution in [1.29, 1.82) is 0 Å². The summed E-state index contributed by atoms with van der Waals surface area (Å²) in [7, 11) is 0. The molecule has 16 heavy (non-hydrogen) atoms. The Bertz CT molecular complexity index is 247. The first-order valence-corrected chi connectivity index (χ1v) is 6.82. The van der Waals surface area contributed by atoms with E-state index in [4.69, 9.17) is 22.7 Å². The summed E-state index contributed by atoms with van der Waals surface area (Å²) in [5.74, 6) is 0. The average molecular weight is 242 g/mol. The standard InChI is InChI=1S/C12H22N2OS/c13-12(16)6-1-2-7-14-8-9-15-11-5-3-4-10(11)14/h10-11H,1-9H2,(H2,13,16). The van der Waals surface area contributed by atoms with Gasteiger partial charge in [0.25, 0.3) is 0 Å². The van der Waals surface area contributed by atoms with Crippen molar-refractivity contribution in [3.05, 3.63) is 0 Å². The fourth-order valence-electron chi connectivity index (χ4n) is 2.90. The van der Waals surface area contributed by atoms with Crippen LogP contribution in [0.4, 0.5) is 0 Å². The molecule has 92 valence electrons. The van der Waals surface area contributed by atoms with Gasteiger partial charge < -0.3 is 10.5 Å². The summed E-state index contributed by atoms with van der Waals surface area (Å²) in [6.45, 7) is 3.21. The Morgan fingerprint density at radius 1 is 1.38 bits per heavy atom. The number of hydrogen-bond acceptors (Lipinski definition) is 3. The molecule has 3 nitrogen and oxygen atoms in total. The van der Waals surface area contributed by atoms with E-state index in [2.05, 4.69) is 4.90 Å². The van der Waals surface area contributed by atoms with Gasteiger partial charge in [0.2, 0.25) is 0 Å². The van der Waals surface area contributed by atoms with Gasteiger partial charge in [0, 0.05) is 12.6 Å². The van der Waals surface area contributed by atoms with Crippen LogP contribution in [-0.2, 0) is 4.74 Å². The second-order valence-corrected chi connectivity index (χ2v) is 5.39. The van der Waals surface area contributed by atoms with Crippen molar-refractivity contribution in [2.24, 2.45) is 5.73 Å². The fourth-order valence-corrected chi connectivity index (χ4v) is 3.04. The molecular formula is C12H22N2OS. The first-order valence-electron chi connectivity index (χ1n) is 6.41. The van der Waals surface area contributed by atoms with Crippen LogP contribution in [0.1, 0.15) is 38.5 Å². The first-order chi connectivity index (χ1) is 7.77. The largest absolute Gasteiger partial charge is 0.393 e. The van der Waals surface area contributed by atoms with Gasteiger partial charge in [0.05, 0.1) is 17.7 Å². The number of unbranched alkanes of at least 4 members (excludes halogenated alkanes) is 1. The minimum atomic E-state index is 0.518. The zero-order valence-electron chi connectivity index (χ0n) is 9.86. The second kappa shape index (κ2) is 5.94. The molecule has 1 aliphatic heterocycles. The van der Waals surface area contributed by atoms with E-state index in [-0.39, 0.29) is 0 Å². The van der Waals surface area contributed by atoms with Crippen LogP contribution in [0.15, 0.2) is 0 Å². The summed E-state index contributed by atoms with van der Waals surface area (Å²) < 4.78 is 5.79. The molecule has 2 rings (SSSR count). The molecule has 2 aliphatic rings. The summed E-state index contributed by atoms with van der Waals surface area (Å²) in [6.07, 6.45) is 7.66. The molecule has 2 atom stereocenters. The predicted octanol–water partition coefficient (Wildman–Crippen LogP) is 1.70. The van der Waals surface area contributed by atoms with Gasteiger partial charge in [-0.3, -0.25) is 4.90 Å². The van der Waals surface area contributed by atoms with Gasteiger partial charge in [-0.05, 0) is 45.1 Å². The zero-order valence-corrected chi connectivity index (χ0v) is 10.7. The number of nitrogens with two attached hydrogens (primary N) is 1. The van der Waals surface area contributed by atoms with Crippen LogP contribution in [0, 0.1) is 0 Å². The third-order valence-electron chi connectivity index (χ3n) is 3.72. The molecule has 1 saturated heterocycles. The van der Waals surface area contributed by atoms with Gasteiger partial charge in [-0.2, -0.15) is 0 Å². The Morgan fingerprint density at radius 3 is 3.06 bits per heavy atom. The lowest BCUT2D eigenvalue weighted by Gasteiger charge is -2.37. The highest BCUT2D eigenvalue weighted by atomic mass is 32.1. The molecule has 2 unspecified atom stereocenters. The van der Waals surface area contributed by atoms with Crippen molar-refractivity contribution in [3.8, 4) is 0 Å². The van der Waals surface area contributed by atoms with E-state index in [0.717, 1.165) is 26.0 Å². The van der Waals surface area contributed by atoms with Crippen LogP contribution in [0.2, 0.25) is 0 Å². The van der Waals surface area contributed by atoms with Crippen molar-refractivity contribution in [1.82, 2.24) is 4.90 Å². The van der Waals surface area contributed by atoms with Crippen LogP contribution in [-0.4, -0.2) is 41.7 Å². The van der Waals surface area contributed by atoms with E-state index < -0.39 is 0 Å². The molecule has 4 heteroatoms. The molecule has 1 aliphatic carbocycles. The van der Waals surface area contributed by atoms with Gasteiger partial charge in [-0.25, -0.2) is 0 Å². The number of morpholine rings is 1. The van der Waals surface area contributed by atoms with Crippen molar-refractivity contribution in [2.45, 2.75) is 50.7 Å². The Labute approximate surface area is 103 Å². The van der Waals surface area contributed by atoms with Crippen molar-refractivity contribution in [3.63, 3.8) is 0 Å². The highest BCUT2D eigenvalue weighted by molar-refractivity contribution is 7.80. The van der Waals surface area contributed by atoms with Crippen LogP contribution >= 0.6 is 12.2 Å². The SMILES string of the molecule is NC(=S)CCCCN1CCOC2CCCC21. The van der Waals surface area contributed by atoms with Crippen molar-refractivity contribution < 1.29 is 4.74 Å². The van der Waals surface area contributed by atoms with Crippen LogP contribution in [0.3, 0.4) is 0 Å². The highest BCUT2D eigenvalue weighted by Gasteiger charge is 2.35. The summed E-state index contributed by atoms with van der Waals surface area (Å²) in [5.41, 5.74) is 5.50. The van der Waals surface area contributed by atoms with Crippen LogP contribution in [0.25, 0.3) is 0 Å². The molecule has 0 amide bonds. The topological polar surface area (TPSA) is 38.5 Å². The first kappa shape index (κ1) is 12.3. The normalized spacial score (nSPS) is 30.2. The molecular weight excluding hydrogens is 220 g/mol. The summed E-state index contributed by atoms with van der Waals surface area (Å²) in [5, 5.41) is 0. The average Bonchev–Trinajstić information content (AvgIpc) is 2.72. The van der Waals surface area contributed by atoms with Crippen molar-refractivity contribution >= 4 is 17.2 Å². The van der Waals surface area contributed by atoms with E-state index in [1.807, 2.05) is 0 Å². The van der Waals surface area contributed by atoms with E-state index in [1.165, 1.54) is 32.2 Å². The third kappa shape index (κ3) is 3.15. The maximum Gasteiger partial charge on any atom is 0.0730 e. The predicted molar refractivity (Wildman–Crippen MR) is 69.6 cm³/mol. The van der Waals surface area contributed by atoms with Crippen LogP contribution < -0.4 is 5.73 Å². The molecule has 0 spiro atoms. The number of fused-ring (bicyclic) bond motifs is 1. The molecule has 0 bridgehead atoms. The quantitative estimate of drug-likeness (QED) is 0.588. The fraction of sp³-hybridized carbons (Fsp3) is 0.917. The monoisotopic (exact) mass is 242 g/mol. The van der Waals surface area contributed by atoms with E-state index in [9.17, 15) is 0 Å². The molecule has 1 saturated carbocycles. The minimum absolute atomic E-state index is 0.518. The Balaban J connectivity index is 1.69. The molecule has 2 fully saturated rings. The Kier molecular flexibility index (Phi) is 4.55. The highest BCUT2D eigenvalue weighted by Crippen LogP contribution is 2.29. The lowest BCUT2D eigenvalue weighted by Crippen LogP contribution is -2.48. The Hall–Kier alpha value is -0.190. The van der Waals surface area contributed by atoms with Gasteiger partial charge in [-0.1, -0.05) is 12.2 Å². The number of nitrogens with zero attached hydrogens (tertiary/aromatic N) is 1. The lowest BCUT2D eigenvalue weighted by molar-refractivity contribution is -0.0557. The van der Waals surface area contributed by atoms with Gasteiger partial charge in [0.15, 0.2) is 0 Å². The molecule has 0 radical (unpaired) electrons. The summed E-state index contributed by atoms with van der Waals surface area (Å²) in [4.78, 5) is 3.27. The van der Waals surface area contributed by atoms with Gasteiger partial charge >= 0.3 is 0 Å². The zero-order chi connectivity index (χ0) is 11.4. The second-order valence-electron chi connectivity index (χ2n) is 4.87. The van der Waals surface area contributed by atoms with Gasteiger partial charge in [0.1, 0.15) is 0 Å². The van der Waals surface area contributed by atoms with Crippen LogP contribution in [0.5, 0.6) is 0 Å². The molecule has 0 aromatic carbocycles. The molecule has 0 aromatic rings. The van der Waals surface area contributed by atoms with E-state index >= 15 is 0 Å². The maximum atomic E-state index is 5.79. The third-order valence-corrected chi connectivity index (χ3v) is 3.92. The molecule has 1 heterocycles. The lowest BCUT2D eigenvalue weighted by atomic mass is 10.1. The molecule has 2 N–H and O–H groups in total.